The van der Waals surface area contributed by atoms with Crippen LogP contribution in [-0.4, -0.2) is 9.97 Å². The zero-order valence-corrected chi connectivity index (χ0v) is 11.5. The molecule has 1 heterocycles. The van der Waals surface area contributed by atoms with Gasteiger partial charge in [0.25, 0.3) is 0 Å². The molecule has 0 aliphatic rings. The molecule has 0 radical (unpaired) electrons. The first-order valence-corrected chi connectivity index (χ1v) is 6.19. The fourth-order valence-corrected chi connectivity index (χ4v) is 1.80. The van der Waals surface area contributed by atoms with Gasteiger partial charge in [0, 0.05) is 10.5 Å². The summed E-state index contributed by atoms with van der Waals surface area (Å²) in [7, 11) is 0. The Morgan fingerprint density at radius 2 is 1.94 bits per heavy atom. The molecule has 0 bridgehead atoms. The monoisotopic (exact) mass is 312 g/mol. The van der Waals surface area contributed by atoms with Crippen LogP contribution in [0.1, 0.15) is 11.4 Å². The average molecular weight is 314 g/mol. The van der Waals surface area contributed by atoms with Gasteiger partial charge in [-0.15, -0.1) is 0 Å². The zero-order valence-electron chi connectivity index (χ0n) is 9.15. The van der Waals surface area contributed by atoms with E-state index in [9.17, 15) is 0 Å². The molecule has 88 valence electrons. The Bertz CT molecular complexity index is 496. The Hall–Kier alpha value is -1.13. The van der Waals surface area contributed by atoms with E-state index < -0.39 is 0 Å². The lowest BCUT2D eigenvalue weighted by molar-refractivity contribution is 0.292. The second-order valence-electron chi connectivity index (χ2n) is 3.49. The highest BCUT2D eigenvalue weighted by Crippen LogP contribution is 2.16. The highest BCUT2D eigenvalue weighted by Gasteiger charge is 2.01. The van der Waals surface area contributed by atoms with Gasteiger partial charge in [-0.3, -0.25) is 0 Å². The maximum atomic E-state index is 5.82. The molecule has 0 amide bonds. The summed E-state index contributed by atoms with van der Waals surface area (Å²) in [5, 5.41) is 0.392. The lowest BCUT2D eigenvalue weighted by Crippen LogP contribution is -1.99. The van der Waals surface area contributed by atoms with Crippen molar-refractivity contribution in [2.75, 3.05) is 0 Å². The molecule has 0 aliphatic heterocycles. The number of nitrogens with zero attached hydrogens (tertiary/aromatic N) is 2. The smallest absolute Gasteiger partial charge is 0.218 e. The molecular formula is C12H10BrClN2O. The third kappa shape index (κ3) is 3.68. The fraction of sp³-hybridized carbons (Fsp3) is 0.167. The van der Waals surface area contributed by atoms with E-state index in [4.69, 9.17) is 16.3 Å². The van der Waals surface area contributed by atoms with E-state index in [1.165, 1.54) is 0 Å². The quantitative estimate of drug-likeness (QED) is 0.809. The van der Waals surface area contributed by atoms with E-state index in [1.807, 2.05) is 24.3 Å². The highest BCUT2D eigenvalue weighted by molar-refractivity contribution is 9.10. The molecule has 1 aromatic carbocycles. The van der Waals surface area contributed by atoms with E-state index in [0.29, 0.717) is 23.5 Å². The van der Waals surface area contributed by atoms with Crippen molar-refractivity contribution in [1.29, 1.82) is 0 Å². The van der Waals surface area contributed by atoms with Crippen LogP contribution in [0.5, 0.6) is 5.88 Å². The molecular weight excluding hydrogens is 304 g/mol. The minimum absolute atomic E-state index is 0.392. The number of hydrogen-bond donors (Lipinski definition) is 0. The van der Waals surface area contributed by atoms with Gasteiger partial charge in [-0.2, -0.15) is 4.98 Å². The van der Waals surface area contributed by atoms with Crippen LogP contribution >= 0.6 is 27.5 Å². The standard InChI is InChI=1S/C12H10BrClN2O/c1-8-15-11(14)6-12(16-8)17-7-9-2-4-10(13)5-3-9/h2-6H,7H2,1H3. The SMILES string of the molecule is Cc1nc(Cl)cc(OCc2ccc(Br)cc2)n1. The van der Waals surface area contributed by atoms with Gasteiger partial charge >= 0.3 is 0 Å². The van der Waals surface area contributed by atoms with Crippen LogP contribution in [-0.2, 0) is 6.61 Å². The first-order valence-electron chi connectivity index (χ1n) is 5.02. The molecule has 3 nitrogen and oxygen atoms in total. The summed E-state index contributed by atoms with van der Waals surface area (Å²) < 4.78 is 6.59. The van der Waals surface area contributed by atoms with E-state index in [-0.39, 0.29) is 0 Å². The molecule has 0 unspecified atom stereocenters. The van der Waals surface area contributed by atoms with E-state index in [1.54, 1.807) is 13.0 Å². The second-order valence-corrected chi connectivity index (χ2v) is 4.79. The van der Waals surface area contributed by atoms with E-state index in [0.717, 1.165) is 10.0 Å². The molecule has 0 saturated heterocycles. The van der Waals surface area contributed by atoms with E-state index in [2.05, 4.69) is 25.9 Å². The minimum atomic E-state index is 0.392. The van der Waals surface area contributed by atoms with Gasteiger partial charge in [-0.25, -0.2) is 4.98 Å². The number of benzene rings is 1. The van der Waals surface area contributed by atoms with Crippen LogP contribution in [0.3, 0.4) is 0 Å². The van der Waals surface area contributed by atoms with Crippen molar-refractivity contribution in [2.45, 2.75) is 13.5 Å². The summed E-state index contributed by atoms with van der Waals surface area (Å²) in [5.74, 6) is 1.09. The fourth-order valence-electron chi connectivity index (χ4n) is 1.32. The Balaban J connectivity index is 2.04. The summed E-state index contributed by atoms with van der Waals surface area (Å²) in [6.07, 6.45) is 0. The van der Waals surface area contributed by atoms with Crippen molar-refractivity contribution in [3.63, 3.8) is 0 Å². The summed E-state index contributed by atoms with van der Waals surface area (Å²) in [4.78, 5) is 8.11. The maximum absolute atomic E-state index is 5.82. The molecule has 1 aromatic heterocycles. The molecule has 0 spiro atoms. The molecule has 2 rings (SSSR count). The molecule has 2 aromatic rings. The number of hydrogen-bond acceptors (Lipinski definition) is 3. The summed E-state index contributed by atoms with van der Waals surface area (Å²) in [5.41, 5.74) is 1.07. The predicted molar refractivity (Wildman–Crippen MR) is 70.3 cm³/mol. The van der Waals surface area contributed by atoms with E-state index >= 15 is 0 Å². The van der Waals surface area contributed by atoms with Gasteiger partial charge in [0.2, 0.25) is 5.88 Å². The van der Waals surface area contributed by atoms with Gasteiger partial charge in [0.05, 0.1) is 0 Å². The van der Waals surface area contributed by atoms with Crippen molar-refractivity contribution in [2.24, 2.45) is 0 Å². The van der Waals surface area contributed by atoms with Crippen LogP contribution < -0.4 is 4.74 Å². The average Bonchev–Trinajstić information content (AvgIpc) is 2.27. The van der Waals surface area contributed by atoms with Gasteiger partial charge in [-0.1, -0.05) is 39.7 Å². The lowest BCUT2D eigenvalue weighted by atomic mass is 10.2. The van der Waals surface area contributed by atoms with Crippen molar-refractivity contribution in [3.05, 3.63) is 51.3 Å². The molecule has 0 atom stereocenters. The highest BCUT2D eigenvalue weighted by atomic mass is 79.9. The number of aromatic nitrogens is 2. The zero-order chi connectivity index (χ0) is 12.3. The number of aryl methyl sites for hydroxylation is 1. The summed E-state index contributed by atoms with van der Waals surface area (Å²) >= 11 is 9.20. The molecule has 0 saturated carbocycles. The van der Waals surface area contributed by atoms with Crippen molar-refractivity contribution in [1.82, 2.24) is 9.97 Å². The Morgan fingerprint density at radius 1 is 1.24 bits per heavy atom. The minimum Gasteiger partial charge on any atom is -0.473 e. The summed E-state index contributed by atoms with van der Waals surface area (Å²) in [6.45, 7) is 2.23. The molecule has 0 aliphatic carbocycles. The topological polar surface area (TPSA) is 35.0 Å². The lowest BCUT2D eigenvalue weighted by Gasteiger charge is -2.06. The van der Waals surface area contributed by atoms with Gasteiger partial charge in [0.1, 0.15) is 17.6 Å². The number of halogens is 2. The maximum Gasteiger partial charge on any atom is 0.218 e. The van der Waals surface area contributed by atoms with Crippen LogP contribution in [0.15, 0.2) is 34.8 Å². The van der Waals surface area contributed by atoms with Crippen molar-refractivity contribution in [3.8, 4) is 5.88 Å². The molecule has 0 fully saturated rings. The van der Waals surface area contributed by atoms with Crippen molar-refractivity contribution < 1.29 is 4.74 Å². The normalized spacial score (nSPS) is 10.3. The Kier molecular flexibility index (Phi) is 3.97. The second kappa shape index (κ2) is 5.47. The number of ether oxygens (including phenoxy) is 1. The molecule has 0 N–H and O–H groups in total. The van der Waals surface area contributed by atoms with Gasteiger partial charge < -0.3 is 4.74 Å². The largest absolute Gasteiger partial charge is 0.473 e. The Labute approximate surface area is 113 Å². The molecule has 17 heavy (non-hydrogen) atoms. The van der Waals surface area contributed by atoms with Crippen LogP contribution in [0, 0.1) is 6.92 Å². The van der Waals surface area contributed by atoms with Crippen LogP contribution in [0.25, 0.3) is 0 Å². The van der Waals surface area contributed by atoms with Crippen molar-refractivity contribution >= 4 is 27.5 Å². The third-order valence-electron chi connectivity index (χ3n) is 2.08. The first-order chi connectivity index (χ1) is 8.13. The summed E-state index contributed by atoms with van der Waals surface area (Å²) in [6, 6.07) is 9.51. The third-order valence-corrected chi connectivity index (χ3v) is 2.81. The van der Waals surface area contributed by atoms with Crippen LogP contribution in [0.4, 0.5) is 0 Å². The van der Waals surface area contributed by atoms with Gasteiger partial charge in [-0.05, 0) is 24.6 Å². The Morgan fingerprint density at radius 3 is 2.59 bits per heavy atom. The van der Waals surface area contributed by atoms with Gasteiger partial charge in [0.15, 0.2) is 0 Å². The number of rotatable bonds is 3. The first kappa shape index (κ1) is 12.3. The van der Waals surface area contributed by atoms with Crippen LogP contribution in [0.2, 0.25) is 5.15 Å². The predicted octanol–water partition coefficient (Wildman–Crippen LogP) is 3.78. The molecule has 5 heteroatoms.